The number of sulfone groups is 1. The average molecular weight is 316 g/mol. The molecule has 0 radical (unpaired) electrons. The Bertz CT molecular complexity index is 733. The van der Waals surface area contributed by atoms with Crippen LogP contribution in [0.1, 0.15) is 12.5 Å². The van der Waals surface area contributed by atoms with Gasteiger partial charge in [0.25, 0.3) is 10.1 Å². The zero-order valence-electron chi connectivity index (χ0n) is 11.2. The lowest BCUT2D eigenvalue weighted by molar-refractivity contribution is 0.00268. The van der Waals surface area contributed by atoms with E-state index in [1.54, 1.807) is 12.1 Å². The highest BCUT2D eigenvalue weighted by atomic mass is 32.2. The first-order valence-corrected chi connectivity index (χ1v) is 9.56. The Balaban J connectivity index is 1.82. The molecule has 5 nitrogen and oxygen atoms in total. The fourth-order valence-corrected chi connectivity index (χ4v) is 6.70. The summed E-state index contributed by atoms with van der Waals surface area (Å²) >= 11 is 0. The van der Waals surface area contributed by atoms with Crippen LogP contribution in [0, 0.1) is 18.8 Å². The molecule has 2 fully saturated rings. The van der Waals surface area contributed by atoms with Crippen LogP contribution >= 0.6 is 0 Å². The van der Waals surface area contributed by atoms with E-state index in [0.29, 0.717) is 0 Å². The zero-order chi connectivity index (χ0) is 14.7. The van der Waals surface area contributed by atoms with Crippen LogP contribution in [-0.2, 0) is 24.1 Å². The van der Waals surface area contributed by atoms with Crippen molar-refractivity contribution in [2.45, 2.75) is 30.1 Å². The first-order chi connectivity index (χ1) is 9.22. The van der Waals surface area contributed by atoms with Gasteiger partial charge >= 0.3 is 0 Å². The first-order valence-electron chi connectivity index (χ1n) is 6.44. The molecule has 1 aromatic carbocycles. The van der Waals surface area contributed by atoms with Gasteiger partial charge in [-0.25, -0.2) is 8.42 Å². The fraction of sp³-hybridized carbons (Fsp3) is 0.538. The van der Waals surface area contributed by atoms with E-state index in [4.69, 9.17) is 4.18 Å². The monoisotopic (exact) mass is 316 g/mol. The second-order valence-corrected chi connectivity index (χ2v) is 9.42. The van der Waals surface area contributed by atoms with Crippen LogP contribution < -0.4 is 0 Å². The fourth-order valence-electron chi connectivity index (χ4n) is 2.96. The molecule has 1 saturated heterocycles. The molecule has 4 atom stereocenters. The molecule has 1 aromatic rings. The minimum atomic E-state index is -3.91. The molecule has 0 aromatic heterocycles. The number of hydrogen-bond acceptors (Lipinski definition) is 5. The van der Waals surface area contributed by atoms with Crippen molar-refractivity contribution >= 4 is 20.0 Å². The van der Waals surface area contributed by atoms with Gasteiger partial charge < -0.3 is 0 Å². The molecule has 0 N–H and O–H groups in total. The molecule has 3 rings (SSSR count). The summed E-state index contributed by atoms with van der Waals surface area (Å²) in [7, 11) is -7.06. The molecule has 0 spiro atoms. The van der Waals surface area contributed by atoms with Gasteiger partial charge in [0.2, 0.25) is 0 Å². The third-order valence-electron chi connectivity index (χ3n) is 4.33. The zero-order valence-corrected chi connectivity index (χ0v) is 12.8. The van der Waals surface area contributed by atoms with Crippen LogP contribution in [0.25, 0.3) is 0 Å². The Morgan fingerprint density at radius 2 is 1.80 bits per heavy atom. The summed E-state index contributed by atoms with van der Waals surface area (Å²) in [5.41, 5.74) is 0.947. The van der Waals surface area contributed by atoms with E-state index in [-0.39, 0.29) is 22.5 Å². The van der Waals surface area contributed by atoms with Crippen molar-refractivity contribution in [1.29, 1.82) is 0 Å². The highest BCUT2D eigenvalue weighted by Crippen LogP contribution is 2.51. The van der Waals surface area contributed by atoms with Crippen molar-refractivity contribution in [3.63, 3.8) is 0 Å². The lowest BCUT2D eigenvalue weighted by atomic mass is 9.72. The molecule has 2 aliphatic rings. The van der Waals surface area contributed by atoms with Gasteiger partial charge in [0.1, 0.15) is 0 Å². The first kappa shape index (κ1) is 14.0. The number of rotatable bonds is 3. The molecular weight excluding hydrogens is 300 g/mol. The SMILES string of the molecule is Cc1ccc(S(=O)(=O)O[C@@H]2[C@@H](C)[C@H]3CS(=O)(=O)[C@@H]32)cc1. The lowest BCUT2D eigenvalue weighted by Gasteiger charge is -2.55. The molecule has 0 amide bonds. The van der Waals surface area contributed by atoms with E-state index in [0.717, 1.165) is 5.56 Å². The largest absolute Gasteiger partial charge is 0.297 e. The van der Waals surface area contributed by atoms with Crippen molar-refractivity contribution in [2.75, 3.05) is 5.75 Å². The molecule has 1 saturated carbocycles. The van der Waals surface area contributed by atoms with Gasteiger partial charge in [-0.3, -0.25) is 4.18 Å². The predicted molar refractivity (Wildman–Crippen MR) is 73.5 cm³/mol. The van der Waals surface area contributed by atoms with Gasteiger partial charge in [0.05, 0.1) is 22.0 Å². The Morgan fingerprint density at radius 1 is 1.20 bits per heavy atom. The van der Waals surface area contributed by atoms with Crippen molar-refractivity contribution < 1.29 is 21.0 Å². The standard InChI is InChI=1S/C13H16O5S2/c1-8-3-5-10(6-4-8)20(16,17)18-12-9(2)11-7-19(14,15)13(11)12/h3-6,9,11-13H,7H2,1-2H3/t9-,11+,12+,13-/m0/s1. The molecule has 20 heavy (non-hydrogen) atoms. The van der Waals surface area contributed by atoms with Crippen molar-refractivity contribution in [1.82, 2.24) is 0 Å². The quantitative estimate of drug-likeness (QED) is 0.781. The Morgan fingerprint density at radius 3 is 2.35 bits per heavy atom. The highest BCUT2D eigenvalue weighted by Gasteiger charge is 2.65. The van der Waals surface area contributed by atoms with Gasteiger partial charge in [-0.2, -0.15) is 8.42 Å². The van der Waals surface area contributed by atoms with Gasteiger partial charge in [-0.1, -0.05) is 24.6 Å². The van der Waals surface area contributed by atoms with Crippen molar-refractivity contribution in [3.8, 4) is 0 Å². The van der Waals surface area contributed by atoms with Crippen LogP contribution in [-0.4, -0.2) is 33.9 Å². The maximum Gasteiger partial charge on any atom is 0.297 e. The van der Waals surface area contributed by atoms with E-state index < -0.39 is 31.3 Å². The minimum absolute atomic E-state index is 0.0382. The van der Waals surface area contributed by atoms with Crippen molar-refractivity contribution in [2.24, 2.45) is 11.8 Å². The number of aryl methyl sites for hydroxylation is 1. The van der Waals surface area contributed by atoms with Crippen LogP contribution in [0.4, 0.5) is 0 Å². The molecule has 0 unspecified atom stereocenters. The Hall–Kier alpha value is -0.920. The normalized spacial score (nSPS) is 34.7. The summed E-state index contributed by atoms with van der Waals surface area (Å²) in [6, 6.07) is 6.31. The summed E-state index contributed by atoms with van der Waals surface area (Å²) in [4.78, 5) is 0.0653. The highest BCUT2D eigenvalue weighted by molar-refractivity contribution is 7.93. The second-order valence-electron chi connectivity index (χ2n) is 5.65. The van der Waals surface area contributed by atoms with Gasteiger partial charge in [0.15, 0.2) is 9.84 Å². The third-order valence-corrected chi connectivity index (χ3v) is 7.95. The summed E-state index contributed by atoms with van der Waals surface area (Å²) in [5, 5.41) is -0.641. The topological polar surface area (TPSA) is 77.5 Å². The van der Waals surface area contributed by atoms with Crippen LogP contribution in [0.2, 0.25) is 0 Å². The van der Waals surface area contributed by atoms with Crippen molar-refractivity contribution in [3.05, 3.63) is 29.8 Å². The van der Waals surface area contributed by atoms with Crippen LogP contribution in [0.3, 0.4) is 0 Å². The number of fused-ring (bicyclic) bond motifs is 1. The smallest absolute Gasteiger partial charge is 0.261 e. The molecule has 0 bridgehead atoms. The third kappa shape index (κ3) is 1.99. The minimum Gasteiger partial charge on any atom is -0.261 e. The Kier molecular flexibility index (Phi) is 3.01. The molecule has 1 aliphatic heterocycles. The van der Waals surface area contributed by atoms with Gasteiger partial charge in [-0.05, 0) is 30.9 Å². The average Bonchev–Trinajstić information content (AvgIpc) is 2.35. The molecule has 7 heteroatoms. The maximum absolute atomic E-state index is 12.2. The number of hydrogen-bond donors (Lipinski definition) is 0. The molecule has 110 valence electrons. The van der Waals surface area contributed by atoms with E-state index in [2.05, 4.69) is 0 Å². The molecule has 1 heterocycles. The van der Waals surface area contributed by atoms with E-state index in [1.807, 2.05) is 13.8 Å². The van der Waals surface area contributed by atoms with E-state index in [9.17, 15) is 16.8 Å². The Labute approximate surface area is 119 Å². The van der Waals surface area contributed by atoms with Crippen LogP contribution in [0.15, 0.2) is 29.2 Å². The molecule has 1 aliphatic carbocycles. The maximum atomic E-state index is 12.2. The second kappa shape index (κ2) is 4.29. The predicted octanol–water partition coefficient (Wildman–Crippen LogP) is 1.13. The van der Waals surface area contributed by atoms with E-state index >= 15 is 0 Å². The number of benzene rings is 1. The lowest BCUT2D eigenvalue weighted by Crippen LogP contribution is -2.69. The summed E-state index contributed by atoms with van der Waals surface area (Å²) in [5.74, 6) is 0.172. The van der Waals surface area contributed by atoms with Crippen LogP contribution in [0.5, 0.6) is 0 Å². The summed E-state index contributed by atoms with van der Waals surface area (Å²) in [6.45, 7) is 3.70. The summed E-state index contributed by atoms with van der Waals surface area (Å²) in [6.07, 6.45) is -0.745. The van der Waals surface area contributed by atoms with E-state index in [1.165, 1.54) is 12.1 Å². The van der Waals surface area contributed by atoms with Gasteiger partial charge in [-0.15, -0.1) is 0 Å². The van der Waals surface area contributed by atoms with Gasteiger partial charge in [0, 0.05) is 0 Å². The molecular formula is C13H16O5S2. The summed E-state index contributed by atoms with van der Waals surface area (Å²) < 4.78 is 52.8.